The summed E-state index contributed by atoms with van der Waals surface area (Å²) >= 11 is 0. The zero-order valence-electron chi connectivity index (χ0n) is 23.9. The quantitative estimate of drug-likeness (QED) is 0.321. The number of anilines is 1. The van der Waals surface area contributed by atoms with Crippen molar-refractivity contribution in [3.63, 3.8) is 0 Å². The monoisotopic (exact) mass is 585 g/mol. The van der Waals surface area contributed by atoms with Crippen LogP contribution in [0.25, 0.3) is 0 Å². The molecule has 0 radical (unpaired) electrons. The maximum absolute atomic E-state index is 14.0. The van der Waals surface area contributed by atoms with Gasteiger partial charge in [-0.2, -0.15) is 0 Å². The van der Waals surface area contributed by atoms with Gasteiger partial charge in [-0.05, 0) is 67.8 Å². The van der Waals surface area contributed by atoms with E-state index in [1.54, 1.807) is 13.8 Å². The first-order valence-electron chi connectivity index (χ1n) is 13.2. The highest BCUT2D eigenvalue weighted by molar-refractivity contribution is 7.92. The Bertz CT molecular complexity index is 1460. The first-order chi connectivity index (χ1) is 19.6. The van der Waals surface area contributed by atoms with Crippen LogP contribution in [-0.2, 0) is 26.2 Å². The zero-order chi connectivity index (χ0) is 30.2. The molecule has 3 rings (SSSR count). The Morgan fingerprint density at radius 2 is 1.61 bits per heavy atom. The molecule has 9 nitrogen and oxygen atoms in total. The number of aryl methyl sites for hydroxylation is 1. The molecule has 0 aromatic heterocycles. The summed E-state index contributed by atoms with van der Waals surface area (Å²) < 4.78 is 53.3. The minimum Gasteiger partial charge on any atom is -0.493 e. The van der Waals surface area contributed by atoms with E-state index in [4.69, 9.17) is 9.47 Å². The number of rotatable bonds is 13. The van der Waals surface area contributed by atoms with E-state index in [0.717, 1.165) is 27.6 Å². The van der Waals surface area contributed by atoms with Crippen LogP contribution >= 0.6 is 0 Å². The average molecular weight is 586 g/mol. The third-order valence-electron chi connectivity index (χ3n) is 6.68. The number of halogens is 1. The van der Waals surface area contributed by atoms with Crippen molar-refractivity contribution in [2.75, 3.05) is 31.6 Å². The largest absolute Gasteiger partial charge is 0.493 e. The Morgan fingerprint density at radius 1 is 0.951 bits per heavy atom. The minimum atomic E-state index is -4.37. The number of hydrogen-bond donors (Lipinski definition) is 1. The molecule has 3 aromatic rings. The van der Waals surface area contributed by atoms with Crippen LogP contribution in [0, 0.1) is 12.7 Å². The molecule has 1 N–H and O–H groups in total. The van der Waals surface area contributed by atoms with Crippen molar-refractivity contribution < 1.29 is 31.9 Å². The van der Waals surface area contributed by atoms with Crippen LogP contribution in [0.5, 0.6) is 11.5 Å². The maximum atomic E-state index is 14.0. The molecule has 0 bridgehead atoms. The third kappa shape index (κ3) is 7.35. The molecule has 0 aliphatic heterocycles. The summed E-state index contributed by atoms with van der Waals surface area (Å²) in [6.07, 6.45) is 0.308. The van der Waals surface area contributed by atoms with E-state index in [-0.39, 0.29) is 28.8 Å². The first-order valence-corrected chi connectivity index (χ1v) is 14.6. The Balaban J connectivity index is 2.10. The summed E-state index contributed by atoms with van der Waals surface area (Å²) in [5.74, 6) is -0.991. The Labute approximate surface area is 240 Å². The van der Waals surface area contributed by atoms with E-state index in [1.165, 1.54) is 49.5 Å². The van der Waals surface area contributed by atoms with E-state index >= 15 is 0 Å². The van der Waals surface area contributed by atoms with Gasteiger partial charge in [-0.25, -0.2) is 12.8 Å². The lowest BCUT2D eigenvalue weighted by molar-refractivity contribution is -0.140. The number of likely N-dealkylation sites (N-methyl/N-ethyl adjacent to an activating group) is 1. The van der Waals surface area contributed by atoms with Gasteiger partial charge in [-0.1, -0.05) is 31.2 Å². The average Bonchev–Trinajstić information content (AvgIpc) is 2.96. The second-order valence-corrected chi connectivity index (χ2v) is 11.1. The second kappa shape index (κ2) is 14.0. The number of nitrogens with one attached hydrogen (secondary N) is 1. The number of ether oxygens (including phenoxy) is 2. The summed E-state index contributed by atoms with van der Waals surface area (Å²) in [5, 5.41) is 2.77. The lowest BCUT2D eigenvalue weighted by Crippen LogP contribution is -2.52. The lowest BCUT2D eigenvalue weighted by Gasteiger charge is -2.33. The van der Waals surface area contributed by atoms with Gasteiger partial charge in [-0.3, -0.25) is 13.9 Å². The van der Waals surface area contributed by atoms with E-state index in [0.29, 0.717) is 18.7 Å². The number of amides is 2. The molecule has 2 amide bonds. The number of carbonyl (C=O) groups excluding carboxylic acids is 2. The zero-order valence-corrected chi connectivity index (χ0v) is 24.7. The van der Waals surface area contributed by atoms with Crippen LogP contribution in [0.1, 0.15) is 31.4 Å². The van der Waals surface area contributed by atoms with E-state index in [2.05, 4.69) is 5.32 Å². The van der Waals surface area contributed by atoms with Gasteiger partial charge in [0.1, 0.15) is 18.4 Å². The first kappa shape index (κ1) is 31.4. The molecule has 0 spiro atoms. The molecule has 1 atom stereocenters. The molecule has 0 heterocycles. The highest BCUT2D eigenvalue weighted by Gasteiger charge is 2.34. The molecular formula is C30H36FN3O6S. The maximum Gasteiger partial charge on any atom is 0.264 e. The van der Waals surface area contributed by atoms with Crippen LogP contribution in [0.3, 0.4) is 0 Å². The van der Waals surface area contributed by atoms with E-state index in [9.17, 15) is 22.4 Å². The third-order valence-corrected chi connectivity index (χ3v) is 8.45. The number of nitrogens with zero attached hydrogens (tertiary/aromatic N) is 2. The number of hydrogen-bond acceptors (Lipinski definition) is 6. The van der Waals surface area contributed by atoms with E-state index < -0.39 is 34.3 Å². The summed E-state index contributed by atoms with van der Waals surface area (Å²) in [5.41, 5.74) is 1.82. The van der Waals surface area contributed by atoms with Crippen molar-refractivity contribution in [3.8, 4) is 11.5 Å². The molecule has 0 saturated heterocycles. The standard InChI is InChI=1S/C30H36FN3O6S/c1-6-26(30(36)32-7-2)33(19-22-11-9-8-10-21(22)3)29(35)20-34(24-14-12-23(31)13-15-24)41(37,38)25-16-17-27(39-4)28(18-25)40-5/h8-18,26H,6-7,19-20H2,1-5H3,(H,32,36). The Hall–Kier alpha value is -4.12. The predicted molar refractivity (Wildman–Crippen MR) is 155 cm³/mol. The molecule has 0 aliphatic carbocycles. The van der Waals surface area contributed by atoms with Gasteiger partial charge >= 0.3 is 0 Å². The molecule has 41 heavy (non-hydrogen) atoms. The van der Waals surface area contributed by atoms with Crippen LogP contribution < -0.4 is 19.1 Å². The summed E-state index contributed by atoms with van der Waals surface area (Å²) in [6.45, 7) is 5.30. The van der Waals surface area contributed by atoms with Crippen molar-refractivity contribution in [2.45, 2.75) is 44.7 Å². The van der Waals surface area contributed by atoms with Gasteiger partial charge in [0.15, 0.2) is 11.5 Å². The van der Waals surface area contributed by atoms with Crippen molar-refractivity contribution in [3.05, 3.63) is 83.7 Å². The topological polar surface area (TPSA) is 105 Å². The SMILES string of the molecule is CCNC(=O)C(CC)N(Cc1ccccc1C)C(=O)CN(c1ccc(F)cc1)S(=O)(=O)c1ccc(OC)c(OC)c1. The minimum absolute atomic E-state index is 0.0800. The predicted octanol–water partition coefficient (Wildman–Crippen LogP) is 4.29. The van der Waals surface area contributed by atoms with E-state index in [1.807, 2.05) is 31.2 Å². The highest BCUT2D eigenvalue weighted by atomic mass is 32.2. The van der Waals surface area contributed by atoms with Crippen molar-refractivity contribution in [1.29, 1.82) is 0 Å². The van der Waals surface area contributed by atoms with Crippen molar-refractivity contribution in [2.24, 2.45) is 0 Å². The van der Waals surface area contributed by atoms with Crippen LogP contribution in [0.4, 0.5) is 10.1 Å². The fourth-order valence-electron chi connectivity index (χ4n) is 4.42. The van der Waals surface area contributed by atoms with Gasteiger partial charge in [0.25, 0.3) is 10.0 Å². The van der Waals surface area contributed by atoms with Gasteiger partial charge in [0, 0.05) is 19.2 Å². The molecule has 0 aliphatic rings. The van der Waals surface area contributed by atoms with Crippen molar-refractivity contribution in [1.82, 2.24) is 10.2 Å². The molecular weight excluding hydrogens is 549 g/mol. The van der Waals surface area contributed by atoms with Gasteiger partial charge in [0.05, 0.1) is 24.8 Å². The lowest BCUT2D eigenvalue weighted by atomic mass is 10.1. The Morgan fingerprint density at radius 3 is 2.20 bits per heavy atom. The molecule has 220 valence electrons. The number of carbonyl (C=O) groups is 2. The number of benzene rings is 3. The van der Waals surface area contributed by atoms with Gasteiger partial charge < -0.3 is 19.7 Å². The summed E-state index contributed by atoms with van der Waals surface area (Å²) in [7, 11) is -1.56. The molecule has 0 fully saturated rings. The number of sulfonamides is 1. The van der Waals surface area contributed by atoms with Gasteiger partial charge in [0.2, 0.25) is 11.8 Å². The number of methoxy groups -OCH3 is 2. The molecule has 1 unspecified atom stereocenters. The summed E-state index contributed by atoms with van der Waals surface area (Å²) in [4.78, 5) is 28.3. The van der Waals surface area contributed by atoms with Crippen LogP contribution in [0.15, 0.2) is 71.6 Å². The molecule has 0 saturated carbocycles. The highest BCUT2D eigenvalue weighted by Crippen LogP contribution is 2.32. The summed E-state index contributed by atoms with van der Waals surface area (Å²) in [6, 6.07) is 15.5. The Kier molecular flexibility index (Phi) is 10.7. The van der Waals surface area contributed by atoms with Crippen LogP contribution in [0.2, 0.25) is 0 Å². The smallest absolute Gasteiger partial charge is 0.264 e. The fraction of sp³-hybridized carbons (Fsp3) is 0.333. The molecule has 11 heteroatoms. The van der Waals surface area contributed by atoms with Crippen molar-refractivity contribution >= 4 is 27.5 Å². The molecule has 3 aromatic carbocycles. The van der Waals surface area contributed by atoms with Crippen LogP contribution in [-0.4, -0.2) is 58.5 Å². The fourth-order valence-corrected chi connectivity index (χ4v) is 5.85. The van der Waals surface area contributed by atoms with Gasteiger partial charge in [-0.15, -0.1) is 0 Å². The second-order valence-electron chi connectivity index (χ2n) is 9.27. The normalized spacial score (nSPS) is 11.9.